The van der Waals surface area contributed by atoms with E-state index in [1.807, 2.05) is 84.9 Å². The predicted molar refractivity (Wildman–Crippen MR) is 121 cm³/mol. The Balaban J connectivity index is 2.05. The lowest BCUT2D eigenvalue weighted by Gasteiger charge is -2.16. The van der Waals surface area contributed by atoms with Gasteiger partial charge in [-0.1, -0.05) is 107 Å². The van der Waals surface area contributed by atoms with Crippen LogP contribution in [-0.2, 0) is 16.0 Å². The highest BCUT2D eigenvalue weighted by Gasteiger charge is 2.22. The molecule has 3 aromatic carbocycles. The Labute approximate surface area is 179 Å². The Morgan fingerprint density at radius 1 is 0.931 bits per heavy atom. The van der Waals surface area contributed by atoms with Gasteiger partial charge in [0, 0.05) is 22.0 Å². The van der Waals surface area contributed by atoms with Crippen molar-refractivity contribution in [2.24, 2.45) is 4.99 Å². The van der Waals surface area contributed by atoms with Gasteiger partial charge < -0.3 is 4.74 Å². The first-order chi connectivity index (χ1) is 14.2. The van der Waals surface area contributed by atoms with Crippen molar-refractivity contribution < 1.29 is 9.53 Å². The minimum Gasteiger partial charge on any atom is -0.460 e. The van der Waals surface area contributed by atoms with Gasteiger partial charge in [0.05, 0.1) is 5.71 Å². The second kappa shape index (κ2) is 10.5. The Bertz CT molecular complexity index is 942. The summed E-state index contributed by atoms with van der Waals surface area (Å²) in [7, 11) is 0. The van der Waals surface area contributed by atoms with Crippen LogP contribution in [0, 0.1) is 0 Å². The molecule has 0 bridgehead atoms. The number of ether oxygens (including phenoxy) is 1. The van der Waals surface area contributed by atoms with Crippen LogP contribution in [0.1, 0.15) is 16.7 Å². The number of benzene rings is 3. The Kier molecular flexibility index (Phi) is 7.54. The fourth-order valence-electron chi connectivity index (χ4n) is 2.95. The molecule has 0 amide bonds. The molecule has 0 spiro atoms. The summed E-state index contributed by atoms with van der Waals surface area (Å²) in [6.07, 6.45) is 1.99. The van der Waals surface area contributed by atoms with E-state index in [1.165, 1.54) is 0 Å². The largest absolute Gasteiger partial charge is 0.460 e. The molecule has 4 heteroatoms. The lowest BCUT2D eigenvalue weighted by molar-refractivity contribution is -0.143. The molecule has 0 fully saturated rings. The van der Waals surface area contributed by atoms with Gasteiger partial charge in [0.15, 0.2) is 6.04 Å². The number of carbonyl (C=O) groups excluding carboxylic acids is 1. The van der Waals surface area contributed by atoms with Crippen LogP contribution in [0.2, 0.25) is 0 Å². The molecule has 3 nitrogen and oxygen atoms in total. The van der Waals surface area contributed by atoms with Crippen LogP contribution >= 0.6 is 15.9 Å². The van der Waals surface area contributed by atoms with Crippen molar-refractivity contribution in [2.75, 3.05) is 6.61 Å². The molecule has 0 unspecified atom stereocenters. The summed E-state index contributed by atoms with van der Waals surface area (Å²) < 4.78 is 6.30. The number of hydrogen-bond donors (Lipinski definition) is 0. The van der Waals surface area contributed by atoms with Gasteiger partial charge in [-0.15, -0.1) is 0 Å². The van der Waals surface area contributed by atoms with Gasteiger partial charge in [-0.3, -0.25) is 4.99 Å². The maximum Gasteiger partial charge on any atom is 0.331 e. The minimum absolute atomic E-state index is 0.160. The van der Waals surface area contributed by atoms with Crippen LogP contribution in [0.15, 0.2) is 107 Å². The van der Waals surface area contributed by atoms with Gasteiger partial charge >= 0.3 is 5.97 Å². The monoisotopic (exact) mass is 447 g/mol. The smallest absolute Gasteiger partial charge is 0.331 e. The first-order valence-electron chi connectivity index (χ1n) is 9.38. The van der Waals surface area contributed by atoms with Crippen molar-refractivity contribution in [3.63, 3.8) is 0 Å². The first kappa shape index (κ1) is 20.7. The highest BCUT2D eigenvalue weighted by atomic mass is 79.9. The number of aliphatic imine (C=N–C) groups is 1. The fourth-order valence-corrected chi connectivity index (χ4v) is 3.40. The van der Waals surface area contributed by atoms with Crippen LogP contribution < -0.4 is 0 Å². The predicted octanol–water partition coefficient (Wildman–Crippen LogP) is 5.63. The van der Waals surface area contributed by atoms with E-state index in [0.717, 1.165) is 26.9 Å². The molecular formula is C25H22BrNO2. The van der Waals surface area contributed by atoms with E-state index in [9.17, 15) is 4.79 Å². The van der Waals surface area contributed by atoms with Crippen LogP contribution in [0.3, 0.4) is 0 Å². The highest BCUT2D eigenvalue weighted by Crippen LogP contribution is 2.21. The number of nitrogens with zero attached hydrogens (tertiary/aromatic N) is 1. The Morgan fingerprint density at radius 3 is 2.03 bits per heavy atom. The number of rotatable bonds is 8. The minimum atomic E-state index is -0.677. The fraction of sp³-hybridized carbons (Fsp3) is 0.120. The molecule has 0 aliphatic heterocycles. The topological polar surface area (TPSA) is 38.7 Å². The van der Waals surface area contributed by atoms with Crippen LogP contribution in [-0.4, -0.2) is 24.3 Å². The number of esters is 1. The zero-order valence-electron chi connectivity index (χ0n) is 16.0. The van der Waals surface area contributed by atoms with Crippen LogP contribution in [0.4, 0.5) is 0 Å². The summed E-state index contributed by atoms with van der Waals surface area (Å²) in [6.45, 7) is 3.79. The molecular weight excluding hydrogens is 426 g/mol. The van der Waals surface area contributed by atoms with Gasteiger partial charge in [0.1, 0.15) is 6.61 Å². The summed E-state index contributed by atoms with van der Waals surface area (Å²) in [5.74, 6) is -0.370. The van der Waals surface area contributed by atoms with Gasteiger partial charge in [0.25, 0.3) is 0 Å². The molecule has 0 aliphatic carbocycles. The third-order valence-electron chi connectivity index (χ3n) is 4.37. The zero-order chi connectivity index (χ0) is 20.5. The second-order valence-corrected chi connectivity index (χ2v) is 7.29. The number of hydrogen-bond acceptors (Lipinski definition) is 3. The summed E-state index contributed by atoms with van der Waals surface area (Å²) in [5.41, 5.74) is 3.66. The average molecular weight is 448 g/mol. The quantitative estimate of drug-likeness (QED) is 0.255. The molecule has 1 atom stereocenters. The number of halogens is 1. The van der Waals surface area contributed by atoms with Crippen LogP contribution in [0.25, 0.3) is 0 Å². The van der Waals surface area contributed by atoms with Gasteiger partial charge in [-0.05, 0) is 11.6 Å². The van der Waals surface area contributed by atoms with Gasteiger partial charge in [0.2, 0.25) is 0 Å². The van der Waals surface area contributed by atoms with Gasteiger partial charge in [-0.25, -0.2) is 4.79 Å². The second-order valence-electron chi connectivity index (χ2n) is 6.44. The summed E-state index contributed by atoms with van der Waals surface area (Å²) in [5, 5.41) is 0. The highest BCUT2D eigenvalue weighted by molar-refractivity contribution is 9.10. The molecule has 3 aromatic rings. The molecule has 29 heavy (non-hydrogen) atoms. The average Bonchev–Trinajstić information content (AvgIpc) is 2.77. The number of carbonyl (C=O) groups is 1. The summed E-state index contributed by atoms with van der Waals surface area (Å²) in [4.78, 5) is 17.7. The molecule has 0 radical (unpaired) electrons. The first-order valence-corrected chi connectivity index (χ1v) is 10.2. The van der Waals surface area contributed by atoms with E-state index in [0.29, 0.717) is 6.42 Å². The molecule has 146 valence electrons. The Hall–Kier alpha value is -2.98. The molecule has 0 saturated heterocycles. The van der Waals surface area contributed by atoms with E-state index in [4.69, 9.17) is 9.73 Å². The molecule has 0 saturated carbocycles. The van der Waals surface area contributed by atoms with E-state index >= 15 is 0 Å². The van der Waals surface area contributed by atoms with Gasteiger partial charge in [-0.2, -0.15) is 0 Å². The van der Waals surface area contributed by atoms with Crippen LogP contribution in [0.5, 0.6) is 0 Å². The van der Waals surface area contributed by atoms with E-state index in [-0.39, 0.29) is 12.6 Å². The third-order valence-corrected chi connectivity index (χ3v) is 5.14. The summed E-state index contributed by atoms with van der Waals surface area (Å²) >= 11 is 3.57. The lowest BCUT2D eigenvalue weighted by atomic mass is 10.0. The molecule has 0 aromatic heterocycles. The van der Waals surface area contributed by atoms with Crippen molar-refractivity contribution >= 4 is 27.6 Å². The van der Waals surface area contributed by atoms with E-state index < -0.39 is 6.04 Å². The third kappa shape index (κ3) is 5.75. The maximum absolute atomic E-state index is 12.8. The zero-order valence-corrected chi connectivity index (χ0v) is 17.6. The molecule has 0 N–H and O–H groups in total. The van der Waals surface area contributed by atoms with Crippen molar-refractivity contribution in [1.29, 1.82) is 0 Å². The van der Waals surface area contributed by atoms with Crippen molar-refractivity contribution in [3.05, 3.63) is 119 Å². The molecule has 0 heterocycles. The van der Waals surface area contributed by atoms with E-state index in [2.05, 4.69) is 22.5 Å². The lowest BCUT2D eigenvalue weighted by Crippen LogP contribution is -2.26. The maximum atomic E-state index is 12.8. The summed E-state index contributed by atoms with van der Waals surface area (Å²) in [6, 6.07) is 26.9. The normalized spacial score (nSPS) is 11.3. The van der Waals surface area contributed by atoms with Crippen molar-refractivity contribution in [3.8, 4) is 0 Å². The van der Waals surface area contributed by atoms with Crippen molar-refractivity contribution in [1.82, 2.24) is 0 Å². The molecule has 3 rings (SSSR count). The SMILES string of the molecule is C=CCOC(=O)[C@H](Cc1ccccc1Br)N=C(c1ccccc1)c1ccccc1. The van der Waals surface area contributed by atoms with Crippen molar-refractivity contribution in [2.45, 2.75) is 12.5 Å². The van der Waals surface area contributed by atoms with E-state index in [1.54, 1.807) is 6.08 Å². The standard InChI is InChI=1S/C25H22BrNO2/c1-2-17-29-25(28)23(18-21-15-9-10-16-22(21)26)27-24(19-11-5-3-6-12-19)20-13-7-4-8-14-20/h2-16,23H,1,17-18H2/t23-/m0/s1. The Morgan fingerprint density at radius 2 is 1.48 bits per heavy atom. The molecule has 0 aliphatic rings.